The van der Waals surface area contributed by atoms with Crippen molar-refractivity contribution < 1.29 is 17.6 Å². The highest BCUT2D eigenvalue weighted by atomic mass is 32.2. The van der Waals surface area contributed by atoms with Crippen molar-refractivity contribution in [2.24, 2.45) is 0 Å². The highest BCUT2D eigenvalue weighted by Crippen LogP contribution is 2.22. The number of aryl methyl sites for hydroxylation is 1. The van der Waals surface area contributed by atoms with Crippen LogP contribution in [0.4, 0.5) is 10.1 Å². The SMILES string of the molecule is Cc1ccc(CN(C)C(=O)[C@@H](C)N(c2ccc(F)cc2)S(C)(=O)=O)cc1. The van der Waals surface area contributed by atoms with E-state index in [0.717, 1.165) is 21.7 Å². The predicted molar refractivity (Wildman–Crippen MR) is 101 cm³/mol. The molecule has 0 radical (unpaired) electrons. The Hall–Kier alpha value is -2.41. The first-order chi connectivity index (χ1) is 12.1. The van der Waals surface area contributed by atoms with E-state index in [2.05, 4.69) is 0 Å². The highest BCUT2D eigenvalue weighted by molar-refractivity contribution is 7.92. The fourth-order valence-corrected chi connectivity index (χ4v) is 3.92. The Balaban J connectivity index is 2.23. The minimum atomic E-state index is -3.72. The Morgan fingerprint density at radius 1 is 1.08 bits per heavy atom. The van der Waals surface area contributed by atoms with Gasteiger partial charge in [-0.2, -0.15) is 0 Å². The minimum absolute atomic E-state index is 0.249. The Kier molecular flexibility index (Phi) is 6.02. The van der Waals surface area contributed by atoms with Crippen molar-refractivity contribution in [2.75, 3.05) is 17.6 Å². The van der Waals surface area contributed by atoms with Gasteiger partial charge in [0.25, 0.3) is 0 Å². The summed E-state index contributed by atoms with van der Waals surface area (Å²) >= 11 is 0. The molecule has 0 saturated carbocycles. The van der Waals surface area contributed by atoms with Crippen LogP contribution in [0.15, 0.2) is 48.5 Å². The Labute approximate surface area is 154 Å². The summed E-state index contributed by atoms with van der Waals surface area (Å²) in [6.45, 7) is 3.87. The van der Waals surface area contributed by atoms with Gasteiger partial charge in [-0.05, 0) is 43.7 Å². The topological polar surface area (TPSA) is 57.7 Å². The second-order valence-electron chi connectivity index (χ2n) is 6.39. The first-order valence-corrected chi connectivity index (χ1v) is 10.00. The van der Waals surface area contributed by atoms with Crippen LogP contribution in [0.1, 0.15) is 18.1 Å². The number of sulfonamides is 1. The molecule has 0 bridgehead atoms. The summed E-state index contributed by atoms with van der Waals surface area (Å²) < 4.78 is 38.7. The van der Waals surface area contributed by atoms with Crippen molar-refractivity contribution in [1.29, 1.82) is 0 Å². The largest absolute Gasteiger partial charge is 0.340 e. The van der Waals surface area contributed by atoms with Gasteiger partial charge in [0.05, 0.1) is 11.9 Å². The van der Waals surface area contributed by atoms with Crippen LogP contribution in [-0.4, -0.2) is 38.6 Å². The number of nitrogens with zero attached hydrogens (tertiary/aromatic N) is 2. The van der Waals surface area contributed by atoms with Crippen LogP contribution >= 0.6 is 0 Å². The number of hydrogen-bond acceptors (Lipinski definition) is 3. The van der Waals surface area contributed by atoms with Crippen LogP contribution in [0, 0.1) is 12.7 Å². The minimum Gasteiger partial charge on any atom is -0.340 e. The van der Waals surface area contributed by atoms with Crippen molar-refractivity contribution in [3.8, 4) is 0 Å². The molecule has 140 valence electrons. The number of carbonyl (C=O) groups excluding carboxylic acids is 1. The molecule has 2 rings (SSSR count). The third-order valence-corrected chi connectivity index (χ3v) is 5.31. The van der Waals surface area contributed by atoms with Crippen LogP contribution in [0.25, 0.3) is 0 Å². The van der Waals surface area contributed by atoms with E-state index in [0.29, 0.717) is 6.54 Å². The molecule has 26 heavy (non-hydrogen) atoms. The number of benzene rings is 2. The summed E-state index contributed by atoms with van der Waals surface area (Å²) in [6, 6.07) is 11.8. The second-order valence-corrected chi connectivity index (χ2v) is 8.25. The monoisotopic (exact) mass is 378 g/mol. The molecule has 2 aromatic rings. The maximum Gasteiger partial charge on any atom is 0.246 e. The maximum absolute atomic E-state index is 13.2. The molecule has 0 aliphatic carbocycles. The van der Waals surface area contributed by atoms with Gasteiger partial charge in [-0.1, -0.05) is 29.8 Å². The molecule has 0 aliphatic heterocycles. The lowest BCUT2D eigenvalue weighted by molar-refractivity contribution is -0.131. The van der Waals surface area contributed by atoms with Crippen molar-refractivity contribution in [2.45, 2.75) is 26.4 Å². The summed E-state index contributed by atoms with van der Waals surface area (Å²) in [5, 5.41) is 0. The molecule has 0 aliphatic rings. The molecule has 7 heteroatoms. The van der Waals surface area contributed by atoms with Gasteiger partial charge in [-0.25, -0.2) is 12.8 Å². The van der Waals surface area contributed by atoms with Crippen molar-refractivity contribution in [3.63, 3.8) is 0 Å². The van der Waals surface area contributed by atoms with E-state index in [1.165, 1.54) is 36.1 Å². The summed E-state index contributed by atoms with van der Waals surface area (Å²) in [7, 11) is -2.09. The molecule has 2 aromatic carbocycles. The number of amides is 1. The van der Waals surface area contributed by atoms with Crippen LogP contribution in [0.2, 0.25) is 0 Å². The van der Waals surface area contributed by atoms with Crippen LogP contribution < -0.4 is 4.31 Å². The zero-order valence-corrected chi connectivity index (χ0v) is 16.1. The van der Waals surface area contributed by atoms with Crippen LogP contribution in [0.5, 0.6) is 0 Å². The third-order valence-electron chi connectivity index (χ3n) is 4.06. The molecule has 0 heterocycles. The molecule has 0 saturated heterocycles. The lowest BCUT2D eigenvalue weighted by atomic mass is 10.1. The molecule has 0 spiro atoms. The summed E-state index contributed by atoms with van der Waals surface area (Å²) in [5.74, 6) is -0.821. The van der Waals surface area contributed by atoms with Crippen molar-refractivity contribution in [3.05, 3.63) is 65.5 Å². The molecule has 1 atom stereocenters. The molecular formula is C19H23FN2O3S. The molecule has 0 aromatic heterocycles. The van der Waals surface area contributed by atoms with Gasteiger partial charge < -0.3 is 4.90 Å². The van der Waals surface area contributed by atoms with Gasteiger partial charge in [-0.15, -0.1) is 0 Å². The van der Waals surface area contributed by atoms with Gasteiger partial charge in [0, 0.05) is 13.6 Å². The number of hydrogen-bond donors (Lipinski definition) is 0. The summed E-state index contributed by atoms with van der Waals surface area (Å²) in [5.41, 5.74) is 2.32. The summed E-state index contributed by atoms with van der Waals surface area (Å²) in [6.07, 6.45) is 1.03. The van der Waals surface area contributed by atoms with E-state index in [9.17, 15) is 17.6 Å². The molecule has 0 unspecified atom stereocenters. The Morgan fingerprint density at radius 3 is 2.12 bits per heavy atom. The van der Waals surface area contributed by atoms with E-state index in [1.807, 2.05) is 31.2 Å². The molecular weight excluding hydrogens is 355 g/mol. The maximum atomic E-state index is 13.2. The first kappa shape index (κ1) is 19.9. The third kappa shape index (κ3) is 4.82. The molecule has 1 amide bonds. The van der Waals surface area contributed by atoms with Gasteiger partial charge in [-0.3, -0.25) is 9.10 Å². The van der Waals surface area contributed by atoms with Crippen molar-refractivity contribution in [1.82, 2.24) is 4.90 Å². The Bertz CT molecular complexity index is 865. The number of rotatable bonds is 6. The fraction of sp³-hybridized carbons (Fsp3) is 0.316. The number of likely N-dealkylation sites (N-methyl/N-ethyl adjacent to an activating group) is 1. The first-order valence-electron chi connectivity index (χ1n) is 8.15. The molecule has 0 fully saturated rings. The number of anilines is 1. The molecule has 5 nitrogen and oxygen atoms in total. The number of halogens is 1. The van der Waals surface area contributed by atoms with E-state index in [1.54, 1.807) is 7.05 Å². The zero-order chi connectivity index (χ0) is 19.5. The van der Waals surface area contributed by atoms with E-state index < -0.39 is 21.9 Å². The smallest absolute Gasteiger partial charge is 0.246 e. The average Bonchev–Trinajstić information content (AvgIpc) is 2.57. The molecule has 0 N–H and O–H groups in total. The standard InChI is InChI=1S/C19H23FN2O3S/c1-14-5-7-16(8-6-14)13-21(3)19(23)15(2)22(26(4,24)25)18-11-9-17(20)10-12-18/h5-12,15H,13H2,1-4H3/t15-/m1/s1. The van der Waals surface area contributed by atoms with Crippen molar-refractivity contribution >= 4 is 21.6 Å². The number of carbonyl (C=O) groups is 1. The van der Waals surface area contributed by atoms with Gasteiger partial charge >= 0.3 is 0 Å². The van der Waals surface area contributed by atoms with E-state index >= 15 is 0 Å². The van der Waals surface area contributed by atoms with Crippen LogP contribution in [-0.2, 0) is 21.4 Å². The average molecular weight is 378 g/mol. The lowest BCUT2D eigenvalue weighted by Gasteiger charge is -2.31. The quantitative estimate of drug-likeness (QED) is 0.777. The zero-order valence-electron chi connectivity index (χ0n) is 15.3. The normalized spacial score (nSPS) is 12.5. The van der Waals surface area contributed by atoms with E-state index in [-0.39, 0.29) is 11.6 Å². The van der Waals surface area contributed by atoms with Crippen LogP contribution in [0.3, 0.4) is 0 Å². The van der Waals surface area contributed by atoms with E-state index in [4.69, 9.17) is 0 Å². The lowest BCUT2D eigenvalue weighted by Crippen LogP contribution is -2.48. The predicted octanol–water partition coefficient (Wildman–Crippen LogP) is 2.95. The van der Waals surface area contributed by atoms with Gasteiger partial charge in [0.15, 0.2) is 0 Å². The summed E-state index contributed by atoms with van der Waals surface area (Å²) in [4.78, 5) is 14.3. The Morgan fingerprint density at radius 2 is 1.62 bits per heavy atom. The fourth-order valence-electron chi connectivity index (χ4n) is 2.75. The second kappa shape index (κ2) is 7.86. The van der Waals surface area contributed by atoms with Gasteiger partial charge in [0.1, 0.15) is 11.9 Å². The van der Waals surface area contributed by atoms with Gasteiger partial charge in [0.2, 0.25) is 15.9 Å². The highest BCUT2D eigenvalue weighted by Gasteiger charge is 2.31.